The number of rotatable bonds is 7. The van der Waals surface area contributed by atoms with Gasteiger partial charge in [0.25, 0.3) is 0 Å². The highest BCUT2D eigenvalue weighted by Crippen LogP contribution is 2.17. The Morgan fingerprint density at radius 3 is 2.83 bits per heavy atom. The van der Waals surface area contributed by atoms with Crippen molar-refractivity contribution in [2.75, 3.05) is 30.3 Å². The van der Waals surface area contributed by atoms with Gasteiger partial charge in [-0.1, -0.05) is 37.3 Å². The molecular formula is C19H27N5. The Labute approximate surface area is 144 Å². The van der Waals surface area contributed by atoms with Crippen molar-refractivity contribution in [2.45, 2.75) is 38.8 Å². The number of hydrogen-bond acceptors (Lipinski definition) is 5. The molecule has 1 aliphatic rings. The van der Waals surface area contributed by atoms with E-state index in [1.165, 1.54) is 18.4 Å². The van der Waals surface area contributed by atoms with E-state index in [9.17, 15) is 0 Å². The van der Waals surface area contributed by atoms with E-state index in [0.29, 0.717) is 6.04 Å². The van der Waals surface area contributed by atoms with Crippen LogP contribution in [0.25, 0.3) is 0 Å². The number of nitrogens with zero attached hydrogens (tertiary/aromatic N) is 3. The number of likely N-dealkylation sites (tertiary alicyclic amines) is 1. The third-order valence-corrected chi connectivity index (χ3v) is 4.30. The molecular weight excluding hydrogens is 298 g/mol. The summed E-state index contributed by atoms with van der Waals surface area (Å²) in [4.78, 5) is 11.4. The predicted molar refractivity (Wildman–Crippen MR) is 99.2 cm³/mol. The van der Waals surface area contributed by atoms with E-state index in [1.54, 1.807) is 6.20 Å². The SMILES string of the molecule is CCCNc1cncc(NC2CCCN(Cc3ccccc3)C2)n1. The van der Waals surface area contributed by atoms with E-state index in [4.69, 9.17) is 0 Å². The fourth-order valence-electron chi connectivity index (χ4n) is 3.14. The van der Waals surface area contributed by atoms with Gasteiger partial charge < -0.3 is 10.6 Å². The van der Waals surface area contributed by atoms with Gasteiger partial charge in [0.15, 0.2) is 0 Å². The lowest BCUT2D eigenvalue weighted by Crippen LogP contribution is -2.41. The number of aromatic nitrogens is 2. The van der Waals surface area contributed by atoms with E-state index in [2.05, 4.69) is 62.8 Å². The number of benzene rings is 1. The van der Waals surface area contributed by atoms with E-state index >= 15 is 0 Å². The van der Waals surface area contributed by atoms with Gasteiger partial charge in [-0.2, -0.15) is 0 Å². The van der Waals surface area contributed by atoms with E-state index in [-0.39, 0.29) is 0 Å². The average Bonchev–Trinajstić information content (AvgIpc) is 2.61. The largest absolute Gasteiger partial charge is 0.369 e. The molecule has 0 spiro atoms. The van der Waals surface area contributed by atoms with Crippen LogP contribution in [0.1, 0.15) is 31.7 Å². The zero-order chi connectivity index (χ0) is 16.6. The zero-order valence-corrected chi connectivity index (χ0v) is 14.4. The van der Waals surface area contributed by atoms with Gasteiger partial charge in [0.05, 0.1) is 12.4 Å². The molecule has 1 aromatic carbocycles. The molecule has 1 aliphatic heterocycles. The Morgan fingerprint density at radius 1 is 1.17 bits per heavy atom. The summed E-state index contributed by atoms with van der Waals surface area (Å²) in [6.45, 7) is 6.29. The second-order valence-electron chi connectivity index (χ2n) is 6.42. The van der Waals surface area contributed by atoms with Crippen molar-refractivity contribution in [3.8, 4) is 0 Å². The maximum Gasteiger partial charge on any atom is 0.147 e. The van der Waals surface area contributed by atoms with Crippen molar-refractivity contribution in [3.63, 3.8) is 0 Å². The number of anilines is 2. The van der Waals surface area contributed by atoms with Crippen LogP contribution in [0.4, 0.5) is 11.6 Å². The van der Waals surface area contributed by atoms with Crippen LogP contribution in [0.3, 0.4) is 0 Å². The van der Waals surface area contributed by atoms with Crippen molar-refractivity contribution in [3.05, 3.63) is 48.3 Å². The topological polar surface area (TPSA) is 53.1 Å². The third-order valence-electron chi connectivity index (χ3n) is 4.30. The zero-order valence-electron chi connectivity index (χ0n) is 14.4. The number of nitrogens with one attached hydrogen (secondary N) is 2. The van der Waals surface area contributed by atoms with Crippen LogP contribution >= 0.6 is 0 Å². The Hall–Kier alpha value is -2.14. The molecule has 2 aromatic rings. The normalized spacial score (nSPS) is 18.3. The molecule has 1 fully saturated rings. The van der Waals surface area contributed by atoms with Crippen molar-refractivity contribution < 1.29 is 0 Å². The molecule has 0 radical (unpaired) electrons. The van der Waals surface area contributed by atoms with Crippen molar-refractivity contribution >= 4 is 11.6 Å². The predicted octanol–water partition coefficient (Wildman–Crippen LogP) is 3.38. The van der Waals surface area contributed by atoms with Crippen LogP contribution in [-0.4, -0.2) is 40.5 Å². The summed E-state index contributed by atoms with van der Waals surface area (Å²) in [5, 5.41) is 6.85. The first-order valence-electron chi connectivity index (χ1n) is 8.92. The molecule has 1 aromatic heterocycles. The molecule has 1 atom stereocenters. The highest BCUT2D eigenvalue weighted by Gasteiger charge is 2.20. The van der Waals surface area contributed by atoms with Crippen molar-refractivity contribution in [1.82, 2.24) is 14.9 Å². The van der Waals surface area contributed by atoms with Gasteiger partial charge in [0.2, 0.25) is 0 Å². The lowest BCUT2D eigenvalue weighted by molar-refractivity contribution is 0.208. The minimum Gasteiger partial charge on any atom is -0.369 e. The first kappa shape index (κ1) is 16.7. The molecule has 0 saturated carbocycles. The van der Waals surface area contributed by atoms with Crippen molar-refractivity contribution in [1.29, 1.82) is 0 Å². The molecule has 0 bridgehead atoms. The molecule has 5 nitrogen and oxygen atoms in total. The van der Waals surface area contributed by atoms with Crippen LogP contribution in [-0.2, 0) is 6.54 Å². The fourth-order valence-corrected chi connectivity index (χ4v) is 3.14. The Bertz CT molecular complexity index is 616. The summed E-state index contributed by atoms with van der Waals surface area (Å²) < 4.78 is 0. The van der Waals surface area contributed by atoms with Gasteiger partial charge in [-0.15, -0.1) is 0 Å². The Morgan fingerprint density at radius 2 is 2.00 bits per heavy atom. The third kappa shape index (κ3) is 4.93. The summed E-state index contributed by atoms with van der Waals surface area (Å²) >= 11 is 0. The van der Waals surface area contributed by atoms with Gasteiger partial charge in [-0.3, -0.25) is 9.88 Å². The Kier molecular flexibility index (Phi) is 6.01. The smallest absolute Gasteiger partial charge is 0.147 e. The van der Waals surface area contributed by atoms with Gasteiger partial charge in [-0.05, 0) is 31.4 Å². The summed E-state index contributed by atoms with van der Waals surface area (Å²) in [6, 6.07) is 11.1. The first-order chi connectivity index (χ1) is 11.8. The fraction of sp³-hybridized carbons (Fsp3) is 0.474. The van der Waals surface area contributed by atoms with Gasteiger partial charge in [0.1, 0.15) is 11.6 Å². The summed E-state index contributed by atoms with van der Waals surface area (Å²) in [6.07, 6.45) is 7.07. The standard InChI is InChI=1S/C19H27N5/c1-2-10-21-18-12-20-13-19(23-18)22-17-9-6-11-24(15-17)14-16-7-4-3-5-8-16/h3-5,7-8,12-13,17H,2,6,9-11,14-15H2,1H3,(H2,21,22,23). The maximum atomic E-state index is 4.61. The number of hydrogen-bond donors (Lipinski definition) is 2. The summed E-state index contributed by atoms with van der Waals surface area (Å²) in [5.41, 5.74) is 1.38. The second kappa shape index (κ2) is 8.64. The van der Waals surface area contributed by atoms with E-state index < -0.39 is 0 Å². The van der Waals surface area contributed by atoms with Gasteiger partial charge in [0, 0.05) is 25.7 Å². The van der Waals surface area contributed by atoms with Crippen LogP contribution in [0, 0.1) is 0 Å². The molecule has 1 saturated heterocycles. The second-order valence-corrected chi connectivity index (χ2v) is 6.42. The molecule has 24 heavy (non-hydrogen) atoms. The van der Waals surface area contributed by atoms with Gasteiger partial charge >= 0.3 is 0 Å². The van der Waals surface area contributed by atoms with E-state index in [1.807, 2.05) is 6.20 Å². The minimum atomic E-state index is 0.429. The minimum absolute atomic E-state index is 0.429. The maximum absolute atomic E-state index is 4.61. The molecule has 2 N–H and O–H groups in total. The highest BCUT2D eigenvalue weighted by atomic mass is 15.2. The van der Waals surface area contributed by atoms with Crippen LogP contribution in [0.2, 0.25) is 0 Å². The Balaban J connectivity index is 1.55. The van der Waals surface area contributed by atoms with E-state index in [0.717, 1.165) is 44.2 Å². The summed E-state index contributed by atoms with van der Waals surface area (Å²) in [7, 11) is 0. The van der Waals surface area contributed by atoms with Crippen LogP contribution in [0.15, 0.2) is 42.7 Å². The lowest BCUT2D eigenvalue weighted by atomic mass is 10.0. The quantitative estimate of drug-likeness (QED) is 0.817. The van der Waals surface area contributed by atoms with Crippen molar-refractivity contribution in [2.24, 2.45) is 0 Å². The molecule has 0 amide bonds. The monoisotopic (exact) mass is 325 g/mol. The average molecular weight is 325 g/mol. The molecule has 0 aliphatic carbocycles. The molecule has 2 heterocycles. The molecule has 128 valence electrons. The number of piperidine rings is 1. The van der Waals surface area contributed by atoms with Gasteiger partial charge in [-0.25, -0.2) is 4.98 Å². The molecule has 1 unspecified atom stereocenters. The molecule has 3 rings (SSSR count). The summed E-state index contributed by atoms with van der Waals surface area (Å²) in [5.74, 6) is 1.71. The lowest BCUT2D eigenvalue weighted by Gasteiger charge is -2.33. The van der Waals surface area contributed by atoms with Crippen LogP contribution in [0.5, 0.6) is 0 Å². The highest BCUT2D eigenvalue weighted by molar-refractivity contribution is 5.42. The van der Waals surface area contributed by atoms with Crippen LogP contribution < -0.4 is 10.6 Å². The molecule has 5 heteroatoms. The first-order valence-corrected chi connectivity index (χ1v) is 8.92.